The molecule has 0 heterocycles. The Morgan fingerprint density at radius 1 is 0.788 bits per heavy atom. The van der Waals surface area contributed by atoms with Gasteiger partial charge in [-0.25, -0.2) is 8.42 Å². The summed E-state index contributed by atoms with van der Waals surface area (Å²) in [6, 6.07) is 27.6. The van der Waals surface area contributed by atoms with E-state index in [-0.39, 0.29) is 4.90 Å². The first kappa shape index (κ1) is 22.6. The fourth-order valence-electron chi connectivity index (χ4n) is 3.46. The van der Waals surface area contributed by atoms with Crippen molar-refractivity contribution in [2.45, 2.75) is 11.4 Å². The third kappa shape index (κ3) is 6.03. The smallest absolute Gasteiger partial charge is 0.261 e. The Bertz CT molecular complexity index is 1340. The van der Waals surface area contributed by atoms with Gasteiger partial charge in [-0.2, -0.15) is 0 Å². The number of hydrogen-bond donors (Lipinski definition) is 2. The molecule has 0 spiro atoms. The van der Waals surface area contributed by atoms with Gasteiger partial charge >= 0.3 is 0 Å². The van der Waals surface area contributed by atoms with Crippen LogP contribution in [0.15, 0.2) is 95.9 Å². The average Bonchev–Trinajstić information content (AvgIpc) is 2.83. The topological polar surface area (TPSA) is 76.7 Å². The van der Waals surface area contributed by atoms with Crippen LogP contribution in [0, 0.1) is 0 Å². The normalized spacial score (nSPS) is 11.3. The molecule has 0 amide bonds. The van der Waals surface area contributed by atoms with Crippen molar-refractivity contribution < 1.29 is 17.9 Å². The van der Waals surface area contributed by atoms with Crippen LogP contribution in [0.5, 0.6) is 11.5 Å². The van der Waals surface area contributed by atoms with Gasteiger partial charge in [0.05, 0.1) is 12.0 Å². The van der Waals surface area contributed by atoms with Crippen molar-refractivity contribution >= 4 is 26.5 Å². The Morgan fingerprint density at radius 2 is 1.58 bits per heavy atom. The van der Waals surface area contributed by atoms with Crippen LogP contribution in [0.1, 0.15) is 5.56 Å². The minimum absolute atomic E-state index is 0.236. The van der Waals surface area contributed by atoms with E-state index in [2.05, 4.69) is 10.0 Å². The lowest BCUT2D eigenvalue weighted by atomic mass is 10.1. The number of rotatable bonds is 10. The lowest BCUT2D eigenvalue weighted by molar-refractivity contribution is 0.311. The van der Waals surface area contributed by atoms with Gasteiger partial charge in [0.2, 0.25) is 0 Å². The summed E-state index contributed by atoms with van der Waals surface area (Å²) < 4.78 is 39.4. The van der Waals surface area contributed by atoms with E-state index in [1.54, 1.807) is 25.3 Å². The van der Waals surface area contributed by atoms with Crippen LogP contribution < -0.4 is 19.5 Å². The van der Waals surface area contributed by atoms with Crippen molar-refractivity contribution in [2.24, 2.45) is 0 Å². The Labute approximate surface area is 194 Å². The molecule has 0 atom stereocenters. The van der Waals surface area contributed by atoms with E-state index in [0.29, 0.717) is 25.4 Å². The predicted molar refractivity (Wildman–Crippen MR) is 131 cm³/mol. The fourth-order valence-corrected chi connectivity index (χ4v) is 4.54. The first-order valence-electron chi connectivity index (χ1n) is 10.6. The van der Waals surface area contributed by atoms with E-state index < -0.39 is 10.0 Å². The van der Waals surface area contributed by atoms with E-state index in [1.165, 1.54) is 0 Å². The highest BCUT2D eigenvalue weighted by Gasteiger charge is 2.15. The summed E-state index contributed by atoms with van der Waals surface area (Å²) in [6.07, 6.45) is 0. The number of methoxy groups -OCH3 is 1. The summed E-state index contributed by atoms with van der Waals surface area (Å²) >= 11 is 0. The van der Waals surface area contributed by atoms with Crippen LogP contribution in [-0.2, 0) is 16.6 Å². The van der Waals surface area contributed by atoms with Gasteiger partial charge in [-0.05, 0) is 52.7 Å². The van der Waals surface area contributed by atoms with Gasteiger partial charge in [-0.1, -0.05) is 48.5 Å². The molecule has 0 aliphatic rings. The molecular formula is C26H26N2O4S. The maximum Gasteiger partial charge on any atom is 0.261 e. The van der Waals surface area contributed by atoms with Crippen LogP contribution in [0.4, 0.5) is 5.69 Å². The molecule has 2 N–H and O–H groups in total. The molecule has 0 aromatic heterocycles. The summed E-state index contributed by atoms with van der Waals surface area (Å²) in [5.74, 6) is 1.50. The first-order valence-corrected chi connectivity index (χ1v) is 12.1. The number of benzene rings is 4. The second-order valence-corrected chi connectivity index (χ2v) is 9.20. The zero-order chi connectivity index (χ0) is 23.1. The van der Waals surface area contributed by atoms with Crippen molar-refractivity contribution in [2.75, 3.05) is 25.0 Å². The lowest BCUT2D eigenvalue weighted by Crippen LogP contribution is -2.20. The molecule has 7 heteroatoms. The molecule has 0 fully saturated rings. The van der Waals surface area contributed by atoms with Gasteiger partial charge in [-0.3, -0.25) is 4.72 Å². The summed E-state index contributed by atoms with van der Waals surface area (Å²) in [5, 5.41) is 5.19. The molecular weight excluding hydrogens is 436 g/mol. The van der Waals surface area contributed by atoms with E-state index in [4.69, 9.17) is 9.47 Å². The molecule has 4 aromatic carbocycles. The Morgan fingerprint density at radius 3 is 2.42 bits per heavy atom. The summed E-state index contributed by atoms with van der Waals surface area (Å²) in [7, 11) is -2.07. The van der Waals surface area contributed by atoms with Gasteiger partial charge in [-0.15, -0.1) is 0 Å². The Kier molecular flexibility index (Phi) is 7.12. The molecule has 0 unspecified atom stereocenters. The Hall–Kier alpha value is -3.55. The van der Waals surface area contributed by atoms with Crippen LogP contribution in [0.25, 0.3) is 10.8 Å². The zero-order valence-electron chi connectivity index (χ0n) is 18.3. The number of anilines is 1. The number of hydrogen-bond acceptors (Lipinski definition) is 5. The van der Waals surface area contributed by atoms with E-state index in [9.17, 15) is 8.42 Å². The SMILES string of the molecule is COc1cccc(OCCNCc2cccc(NS(=O)(=O)c3ccc4ccccc4c3)c2)c1. The number of ether oxygens (including phenoxy) is 2. The maximum atomic E-state index is 12.9. The van der Waals surface area contributed by atoms with E-state index in [1.807, 2.05) is 72.8 Å². The Balaban J connectivity index is 1.32. The molecule has 0 saturated heterocycles. The minimum Gasteiger partial charge on any atom is -0.497 e. The minimum atomic E-state index is -3.69. The van der Waals surface area contributed by atoms with Crippen LogP contribution in [0.3, 0.4) is 0 Å². The molecule has 0 aliphatic heterocycles. The van der Waals surface area contributed by atoms with Gasteiger partial charge < -0.3 is 14.8 Å². The molecule has 0 bridgehead atoms. The lowest BCUT2D eigenvalue weighted by Gasteiger charge is -2.11. The van der Waals surface area contributed by atoms with E-state index in [0.717, 1.165) is 27.8 Å². The quantitative estimate of drug-likeness (QED) is 0.331. The van der Waals surface area contributed by atoms with Crippen molar-refractivity contribution in [3.63, 3.8) is 0 Å². The molecule has 0 aliphatic carbocycles. The third-order valence-electron chi connectivity index (χ3n) is 5.13. The predicted octanol–water partition coefficient (Wildman–Crippen LogP) is 4.82. The fraction of sp³-hybridized carbons (Fsp3) is 0.154. The largest absolute Gasteiger partial charge is 0.497 e. The highest BCUT2D eigenvalue weighted by Crippen LogP contribution is 2.22. The van der Waals surface area contributed by atoms with Gasteiger partial charge in [0.15, 0.2) is 0 Å². The standard InChI is InChI=1S/C26H26N2O4S/c1-31-24-10-5-11-25(18-24)32-15-14-27-19-20-6-4-9-23(16-20)28-33(29,30)26-13-12-21-7-2-3-8-22(21)17-26/h2-13,16-18,27-28H,14-15,19H2,1H3. The van der Waals surface area contributed by atoms with Crippen molar-refractivity contribution in [1.29, 1.82) is 0 Å². The highest BCUT2D eigenvalue weighted by atomic mass is 32.2. The second-order valence-electron chi connectivity index (χ2n) is 7.52. The number of nitrogens with one attached hydrogen (secondary N) is 2. The number of sulfonamides is 1. The maximum absolute atomic E-state index is 12.9. The molecule has 4 rings (SSSR count). The molecule has 4 aromatic rings. The second kappa shape index (κ2) is 10.4. The van der Waals surface area contributed by atoms with Crippen LogP contribution in [0.2, 0.25) is 0 Å². The molecule has 170 valence electrons. The first-order chi connectivity index (χ1) is 16.0. The van der Waals surface area contributed by atoms with Crippen molar-refractivity contribution in [3.8, 4) is 11.5 Å². The highest BCUT2D eigenvalue weighted by molar-refractivity contribution is 7.92. The average molecular weight is 463 g/mol. The molecule has 33 heavy (non-hydrogen) atoms. The summed E-state index contributed by atoms with van der Waals surface area (Å²) in [4.78, 5) is 0.236. The third-order valence-corrected chi connectivity index (χ3v) is 6.51. The van der Waals surface area contributed by atoms with Gasteiger partial charge in [0.1, 0.15) is 18.1 Å². The van der Waals surface area contributed by atoms with Crippen molar-refractivity contribution in [3.05, 3.63) is 96.6 Å². The molecule has 0 saturated carbocycles. The molecule has 0 radical (unpaired) electrons. The van der Waals surface area contributed by atoms with Gasteiger partial charge in [0.25, 0.3) is 10.0 Å². The zero-order valence-corrected chi connectivity index (χ0v) is 19.1. The monoisotopic (exact) mass is 462 g/mol. The number of fused-ring (bicyclic) bond motifs is 1. The summed E-state index contributed by atoms with van der Waals surface area (Å²) in [6.45, 7) is 1.73. The van der Waals surface area contributed by atoms with Crippen LogP contribution >= 0.6 is 0 Å². The van der Waals surface area contributed by atoms with E-state index >= 15 is 0 Å². The van der Waals surface area contributed by atoms with Crippen molar-refractivity contribution in [1.82, 2.24) is 5.32 Å². The van der Waals surface area contributed by atoms with Crippen LogP contribution in [-0.4, -0.2) is 28.7 Å². The van der Waals surface area contributed by atoms with Gasteiger partial charge in [0, 0.05) is 24.8 Å². The molecule has 6 nitrogen and oxygen atoms in total. The summed E-state index contributed by atoms with van der Waals surface area (Å²) in [5.41, 5.74) is 1.49.